The van der Waals surface area contributed by atoms with Gasteiger partial charge in [0.2, 0.25) is 0 Å². The maximum absolute atomic E-state index is 5.97. The molecule has 0 fully saturated rings. The van der Waals surface area contributed by atoms with Crippen LogP contribution in [0.4, 0.5) is 5.69 Å². The van der Waals surface area contributed by atoms with Crippen molar-refractivity contribution in [3.8, 4) is 0 Å². The molecule has 104 valence electrons. The Labute approximate surface area is 134 Å². The van der Waals surface area contributed by atoms with Crippen molar-refractivity contribution in [2.24, 2.45) is 0 Å². The third kappa shape index (κ3) is 4.10. The highest BCUT2D eigenvalue weighted by atomic mass is 35.5. The summed E-state index contributed by atoms with van der Waals surface area (Å²) in [5.74, 6) is 0. The SMILES string of the molecule is Cc1ccccc1NC(=S)NCc1ccc(Cl)c(Cl)c1. The number of benzene rings is 2. The normalized spacial score (nSPS) is 10.2. The molecule has 2 N–H and O–H groups in total. The lowest BCUT2D eigenvalue weighted by Crippen LogP contribution is -2.28. The summed E-state index contributed by atoms with van der Waals surface area (Å²) in [6.45, 7) is 2.62. The summed E-state index contributed by atoms with van der Waals surface area (Å²) in [6.07, 6.45) is 0. The molecule has 0 radical (unpaired) electrons. The maximum atomic E-state index is 5.97. The van der Waals surface area contributed by atoms with Crippen LogP contribution in [-0.2, 0) is 6.54 Å². The zero-order valence-corrected chi connectivity index (χ0v) is 13.2. The van der Waals surface area contributed by atoms with Crippen LogP contribution in [0.15, 0.2) is 42.5 Å². The van der Waals surface area contributed by atoms with Gasteiger partial charge in [-0.2, -0.15) is 0 Å². The summed E-state index contributed by atoms with van der Waals surface area (Å²) >= 11 is 17.1. The molecule has 2 nitrogen and oxygen atoms in total. The average Bonchev–Trinajstić information content (AvgIpc) is 2.43. The first kappa shape index (κ1) is 15.1. The number of anilines is 1. The Kier molecular flexibility index (Phi) is 5.24. The second-order valence-corrected chi connectivity index (χ2v) is 5.59. The van der Waals surface area contributed by atoms with Gasteiger partial charge in [-0.1, -0.05) is 47.5 Å². The standard InChI is InChI=1S/C15H14Cl2N2S/c1-10-4-2-3-5-14(10)19-15(20)18-9-11-6-7-12(16)13(17)8-11/h2-8H,9H2,1H3,(H2,18,19,20). The molecule has 0 unspecified atom stereocenters. The van der Waals surface area contributed by atoms with Gasteiger partial charge in [0.25, 0.3) is 0 Å². The number of rotatable bonds is 3. The van der Waals surface area contributed by atoms with Gasteiger partial charge in [0, 0.05) is 12.2 Å². The van der Waals surface area contributed by atoms with Gasteiger partial charge in [-0.25, -0.2) is 0 Å². The summed E-state index contributed by atoms with van der Waals surface area (Å²) in [7, 11) is 0. The van der Waals surface area contributed by atoms with Crippen LogP contribution < -0.4 is 10.6 Å². The van der Waals surface area contributed by atoms with Crippen molar-refractivity contribution in [2.75, 3.05) is 5.32 Å². The van der Waals surface area contributed by atoms with Gasteiger partial charge in [-0.3, -0.25) is 0 Å². The van der Waals surface area contributed by atoms with Crippen LogP contribution in [0.1, 0.15) is 11.1 Å². The lowest BCUT2D eigenvalue weighted by atomic mass is 10.2. The summed E-state index contributed by atoms with van der Waals surface area (Å²) in [4.78, 5) is 0. The van der Waals surface area contributed by atoms with Crippen molar-refractivity contribution in [3.05, 3.63) is 63.6 Å². The molecule has 2 aromatic carbocycles. The third-order valence-electron chi connectivity index (χ3n) is 2.83. The highest BCUT2D eigenvalue weighted by molar-refractivity contribution is 7.80. The second-order valence-electron chi connectivity index (χ2n) is 4.37. The summed E-state index contributed by atoms with van der Waals surface area (Å²) < 4.78 is 0. The van der Waals surface area contributed by atoms with Crippen LogP contribution in [0.2, 0.25) is 10.0 Å². The molecule has 0 aromatic heterocycles. The molecule has 0 atom stereocenters. The second kappa shape index (κ2) is 6.93. The van der Waals surface area contributed by atoms with Crippen molar-refractivity contribution in [1.82, 2.24) is 5.32 Å². The maximum Gasteiger partial charge on any atom is 0.171 e. The van der Waals surface area contributed by atoms with E-state index in [4.69, 9.17) is 35.4 Å². The molecule has 0 aliphatic rings. The third-order valence-corrected chi connectivity index (χ3v) is 3.82. The minimum absolute atomic E-state index is 0.545. The van der Waals surface area contributed by atoms with Crippen LogP contribution >= 0.6 is 35.4 Å². The first-order chi connectivity index (χ1) is 9.56. The minimum atomic E-state index is 0.545. The van der Waals surface area contributed by atoms with Crippen molar-refractivity contribution in [2.45, 2.75) is 13.5 Å². The monoisotopic (exact) mass is 324 g/mol. The topological polar surface area (TPSA) is 24.1 Å². The number of aryl methyl sites for hydroxylation is 1. The number of hydrogen-bond acceptors (Lipinski definition) is 1. The van der Waals surface area contributed by atoms with E-state index in [0.717, 1.165) is 16.8 Å². The van der Waals surface area contributed by atoms with Crippen LogP contribution in [0.3, 0.4) is 0 Å². The minimum Gasteiger partial charge on any atom is -0.358 e. The quantitative estimate of drug-likeness (QED) is 0.794. The van der Waals surface area contributed by atoms with E-state index < -0.39 is 0 Å². The molecular weight excluding hydrogens is 311 g/mol. The fraction of sp³-hybridized carbons (Fsp3) is 0.133. The molecule has 0 aliphatic carbocycles. The van der Waals surface area contributed by atoms with E-state index in [9.17, 15) is 0 Å². The molecule has 0 spiro atoms. The van der Waals surface area contributed by atoms with Crippen LogP contribution in [0, 0.1) is 6.92 Å². The lowest BCUT2D eigenvalue weighted by Gasteiger charge is -2.12. The number of thiocarbonyl (C=S) groups is 1. The van der Waals surface area contributed by atoms with Gasteiger partial charge in [0.1, 0.15) is 0 Å². The summed E-state index contributed by atoms with van der Waals surface area (Å²) in [6, 6.07) is 13.5. The zero-order chi connectivity index (χ0) is 14.5. The van der Waals surface area contributed by atoms with E-state index in [1.165, 1.54) is 0 Å². The van der Waals surface area contributed by atoms with Gasteiger partial charge in [-0.05, 0) is 48.5 Å². The van der Waals surface area contributed by atoms with E-state index in [0.29, 0.717) is 21.7 Å². The molecule has 2 aromatic rings. The number of hydrogen-bond donors (Lipinski definition) is 2. The average molecular weight is 325 g/mol. The number of para-hydroxylation sites is 1. The molecule has 0 aliphatic heterocycles. The van der Waals surface area contributed by atoms with Crippen molar-refractivity contribution < 1.29 is 0 Å². The van der Waals surface area contributed by atoms with Gasteiger partial charge in [-0.15, -0.1) is 0 Å². The fourth-order valence-corrected chi connectivity index (χ4v) is 2.21. The van der Waals surface area contributed by atoms with E-state index >= 15 is 0 Å². The van der Waals surface area contributed by atoms with Gasteiger partial charge >= 0.3 is 0 Å². The molecule has 2 rings (SSSR count). The first-order valence-electron chi connectivity index (χ1n) is 6.10. The molecule has 0 saturated heterocycles. The predicted octanol–water partition coefficient (Wildman–Crippen LogP) is 4.79. The van der Waals surface area contributed by atoms with E-state index in [2.05, 4.69) is 10.6 Å². The summed E-state index contributed by atoms with van der Waals surface area (Å²) in [5.41, 5.74) is 3.17. The highest BCUT2D eigenvalue weighted by Crippen LogP contribution is 2.22. The van der Waals surface area contributed by atoms with Gasteiger partial charge < -0.3 is 10.6 Å². The summed E-state index contributed by atoms with van der Waals surface area (Å²) in [5, 5.41) is 7.98. The Morgan fingerprint density at radius 3 is 2.55 bits per heavy atom. The number of halogens is 2. The van der Waals surface area contributed by atoms with Crippen LogP contribution in [-0.4, -0.2) is 5.11 Å². The molecule has 20 heavy (non-hydrogen) atoms. The van der Waals surface area contributed by atoms with Crippen molar-refractivity contribution >= 4 is 46.2 Å². The van der Waals surface area contributed by atoms with E-state index in [1.807, 2.05) is 43.3 Å². The molecular formula is C15H14Cl2N2S. The Hall–Kier alpha value is -1.29. The van der Waals surface area contributed by atoms with Crippen LogP contribution in [0.25, 0.3) is 0 Å². The van der Waals surface area contributed by atoms with E-state index in [-0.39, 0.29) is 0 Å². The number of nitrogens with one attached hydrogen (secondary N) is 2. The highest BCUT2D eigenvalue weighted by Gasteiger charge is 2.02. The Balaban J connectivity index is 1.92. The largest absolute Gasteiger partial charge is 0.358 e. The van der Waals surface area contributed by atoms with Gasteiger partial charge in [0.05, 0.1) is 10.0 Å². The molecule has 0 saturated carbocycles. The fourth-order valence-electron chi connectivity index (χ4n) is 1.71. The molecule has 5 heteroatoms. The van der Waals surface area contributed by atoms with Crippen molar-refractivity contribution in [1.29, 1.82) is 0 Å². The van der Waals surface area contributed by atoms with E-state index in [1.54, 1.807) is 6.07 Å². The van der Waals surface area contributed by atoms with Gasteiger partial charge in [0.15, 0.2) is 5.11 Å². The molecule has 0 bridgehead atoms. The predicted molar refractivity (Wildman–Crippen MR) is 90.7 cm³/mol. The molecule has 0 heterocycles. The lowest BCUT2D eigenvalue weighted by molar-refractivity contribution is 0.926. The Morgan fingerprint density at radius 2 is 1.85 bits per heavy atom. The van der Waals surface area contributed by atoms with Crippen LogP contribution in [0.5, 0.6) is 0 Å². The Bertz CT molecular complexity index is 629. The Morgan fingerprint density at radius 1 is 1.10 bits per heavy atom. The smallest absolute Gasteiger partial charge is 0.171 e. The van der Waals surface area contributed by atoms with Crippen molar-refractivity contribution in [3.63, 3.8) is 0 Å². The molecule has 0 amide bonds. The first-order valence-corrected chi connectivity index (χ1v) is 7.27. The zero-order valence-electron chi connectivity index (χ0n) is 10.9.